The zero-order valence-electron chi connectivity index (χ0n) is 46.1. The summed E-state index contributed by atoms with van der Waals surface area (Å²) in [5.41, 5.74) is 1.43. The predicted octanol–water partition coefficient (Wildman–Crippen LogP) is 8.35. The van der Waals surface area contributed by atoms with E-state index in [4.69, 9.17) is 42.1 Å². The molecule has 20 heteroatoms. The number of anilines is 2. The summed E-state index contributed by atoms with van der Waals surface area (Å²) in [5.74, 6) is -2.46. The van der Waals surface area contributed by atoms with E-state index in [0.717, 1.165) is 134 Å². The van der Waals surface area contributed by atoms with Crippen LogP contribution in [0.25, 0.3) is 0 Å². The molecule has 432 valence electrons. The van der Waals surface area contributed by atoms with Crippen molar-refractivity contribution in [1.29, 1.82) is 0 Å². The number of benzene rings is 4. The summed E-state index contributed by atoms with van der Waals surface area (Å²) in [7, 11) is -2.87. The number of carbonyl (C=O) groups excluding carboxylic acids is 2. The number of hydrogen-bond donors (Lipinski definition) is 2. The number of ether oxygens (including phenoxy) is 4. The summed E-state index contributed by atoms with van der Waals surface area (Å²) in [6, 6.07) is 22.2. The molecule has 4 aromatic rings. The first-order valence-electron chi connectivity index (χ1n) is 27.6. The van der Waals surface area contributed by atoms with E-state index in [1.165, 1.54) is 36.3 Å². The van der Waals surface area contributed by atoms with Crippen LogP contribution < -0.4 is 19.3 Å². The highest BCUT2D eigenvalue weighted by molar-refractivity contribution is 7.89. The number of sulfonamides is 2. The minimum atomic E-state index is -4.02. The molecule has 0 saturated carbocycles. The summed E-state index contributed by atoms with van der Waals surface area (Å²) in [4.78, 5) is 30.5. The molecule has 4 bridgehead atoms. The summed E-state index contributed by atoms with van der Waals surface area (Å²) >= 11 is 12.7. The van der Waals surface area contributed by atoms with E-state index in [2.05, 4.69) is 34.1 Å². The van der Waals surface area contributed by atoms with Crippen LogP contribution in [0.5, 0.6) is 11.5 Å². The van der Waals surface area contributed by atoms with Gasteiger partial charge in [-0.3, -0.25) is 0 Å². The van der Waals surface area contributed by atoms with Gasteiger partial charge in [0.2, 0.25) is 31.2 Å². The molecule has 0 unspecified atom stereocenters. The van der Waals surface area contributed by atoms with E-state index in [0.29, 0.717) is 37.8 Å². The van der Waals surface area contributed by atoms with Crippen molar-refractivity contribution < 1.29 is 55.6 Å². The lowest BCUT2D eigenvalue weighted by Gasteiger charge is -2.41. The van der Waals surface area contributed by atoms with Crippen molar-refractivity contribution in [3.8, 4) is 11.5 Å². The normalized spacial score (nSPS) is 27.9. The Morgan fingerprint density at radius 3 is 1.38 bits per heavy atom. The Kier molecular flexibility index (Phi) is 18.1. The SMILES string of the molecule is COC(=O)[C@@]1(O)CS(=O)(=O)N(C)C/C=C/CCCCN2C[C@@]3(CCCc4cc(Cl)ccc43)COc3ccc1cc32.COC(=O)[C@]1(O)CS(=O)(=O)N(C)C/C=C/CCCCN2C[C@@]3(CCCc4cc(Cl)ccc43)COc3ccc1cc32. The molecular formula is C60H74Cl2N4O12S2. The first kappa shape index (κ1) is 59.4. The molecule has 2 aliphatic carbocycles. The molecule has 10 rings (SSSR count). The Bertz CT molecular complexity index is 3040. The van der Waals surface area contributed by atoms with Gasteiger partial charge in [-0.25, -0.2) is 35.0 Å². The largest absolute Gasteiger partial charge is 0.490 e. The molecule has 4 aromatic carbocycles. The maximum Gasteiger partial charge on any atom is 0.343 e. The van der Waals surface area contributed by atoms with Crippen molar-refractivity contribution in [3.63, 3.8) is 0 Å². The van der Waals surface area contributed by atoms with E-state index in [-0.39, 0.29) is 35.0 Å². The first-order chi connectivity index (χ1) is 38.2. The number of esters is 2. The van der Waals surface area contributed by atoms with Crippen LogP contribution >= 0.6 is 23.2 Å². The highest BCUT2D eigenvalue weighted by Crippen LogP contribution is 2.48. The Hall–Kier alpha value is -5.18. The van der Waals surface area contributed by atoms with Gasteiger partial charge in [-0.1, -0.05) is 71.8 Å². The molecule has 4 heterocycles. The zero-order chi connectivity index (χ0) is 57.1. The van der Waals surface area contributed by atoms with Crippen LogP contribution in [0.4, 0.5) is 11.4 Å². The van der Waals surface area contributed by atoms with E-state index in [1.54, 1.807) is 36.4 Å². The van der Waals surface area contributed by atoms with Crippen molar-refractivity contribution in [2.45, 2.75) is 99.1 Å². The Morgan fingerprint density at radius 2 is 0.975 bits per heavy atom. The van der Waals surface area contributed by atoms with Crippen LogP contribution in [-0.2, 0) is 74.0 Å². The molecule has 16 nitrogen and oxygen atoms in total. The molecule has 2 spiro atoms. The van der Waals surface area contributed by atoms with Crippen molar-refractivity contribution >= 4 is 66.6 Å². The van der Waals surface area contributed by atoms with Crippen LogP contribution in [0.1, 0.15) is 97.6 Å². The lowest BCUT2D eigenvalue weighted by Crippen LogP contribution is -2.47. The summed E-state index contributed by atoms with van der Waals surface area (Å²) < 4.78 is 78.1. The van der Waals surface area contributed by atoms with Crippen LogP contribution in [0, 0.1) is 0 Å². The van der Waals surface area contributed by atoms with Crippen LogP contribution in [0.2, 0.25) is 10.0 Å². The van der Waals surface area contributed by atoms with E-state index in [1.807, 2.05) is 36.4 Å². The molecule has 4 aliphatic heterocycles. The monoisotopic (exact) mass is 1180 g/mol. The molecule has 80 heavy (non-hydrogen) atoms. The standard InChI is InChI=1S/2C30H37ClN2O6S/c2*1-32-15-6-4-3-5-7-16-33-19-29(14-8-9-22-17-24(31)11-12-25(22)29)20-39-27-13-10-23(18-26(27)33)30(35,28(34)38-2)21-40(32,36)37/h2*4,6,10-13,17-18,35H,3,5,7-9,14-16,19-21H2,1-2H3/b2*6-4+/t29-,30+;29-,30-/m00/s1. The fourth-order valence-corrected chi connectivity index (χ4v) is 15.5. The highest BCUT2D eigenvalue weighted by atomic mass is 35.5. The molecular weight excluding hydrogens is 1100 g/mol. The van der Waals surface area contributed by atoms with Gasteiger partial charge in [0.25, 0.3) is 0 Å². The van der Waals surface area contributed by atoms with Crippen molar-refractivity contribution in [2.75, 3.05) is 102 Å². The third-order valence-corrected chi connectivity index (χ3v) is 21.2. The second-order valence-corrected chi connectivity index (χ2v) is 27.4. The zero-order valence-corrected chi connectivity index (χ0v) is 49.3. The van der Waals surface area contributed by atoms with Crippen molar-refractivity contribution in [1.82, 2.24) is 8.61 Å². The summed E-state index contributed by atoms with van der Waals surface area (Å²) in [5, 5.41) is 24.8. The number of rotatable bonds is 2. The quantitative estimate of drug-likeness (QED) is 0.144. The molecule has 2 N–H and O–H groups in total. The average molecular weight is 1180 g/mol. The number of aliphatic hydroxyl groups is 2. The Labute approximate surface area is 481 Å². The molecule has 0 fully saturated rings. The number of methoxy groups -OCH3 is 2. The first-order valence-corrected chi connectivity index (χ1v) is 31.6. The van der Waals surface area contributed by atoms with E-state index in [9.17, 15) is 36.6 Å². The molecule has 0 aromatic heterocycles. The molecule has 0 amide bonds. The number of fused-ring (bicyclic) bond motifs is 6. The maximum atomic E-state index is 13.2. The van der Waals surface area contributed by atoms with E-state index < -0.39 is 54.7 Å². The third-order valence-electron chi connectivity index (χ3n) is 17.0. The van der Waals surface area contributed by atoms with Crippen LogP contribution in [-0.4, -0.2) is 140 Å². The van der Waals surface area contributed by atoms with E-state index >= 15 is 0 Å². The number of allylic oxidation sites excluding steroid dienone is 2. The van der Waals surface area contributed by atoms with Gasteiger partial charge in [0.1, 0.15) is 23.0 Å². The van der Waals surface area contributed by atoms with Crippen molar-refractivity contribution in [2.24, 2.45) is 0 Å². The molecule has 0 saturated heterocycles. The van der Waals surface area contributed by atoms with Gasteiger partial charge in [-0.15, -0.1) is 0 Å². The predicted molar refractivity (Wildman–Crippen MR) is 311 cm³/mol. The maximum absolute atomic E-state index is 13.2. The third kappa shape index (κ3) is 12.3. The average Bonchev–Trinajstić information content (AvgIpc) is 3.73. The number of halogens is 2. The number of carbonyl (C=O) groups is 2. The van der Waals surface area contributed by atoms with Gasteiger partial charge in [0.05, 0.1) is 38.8 Å². The van der Waals surface area contributed by atoms with Gasteiger partial charge < -0.3 is 39.0 Å². The molecule has 0 radical (unpaired) electrons. The minimum Gasteiger partial charge on any atom is -0.490 e. The lowest BCUT2D eigenvalue weighted by atomic mass is 9.70. The number of nitrogens with zero attached hydrogens (tertiary/aromatic N) is 4. The van der Waals surface area contributed by atoms with Gasteiger partial charge >= 0.3 is 11.9 Å². The number of hydrogen-bond acceptors (Lipinski definition) is 14. The second-order valence-electron chi connectivity index (χ2n) is 22.4. The highest BCUT2D eigenvalue weighted by Gasteiger charge is 2.49. The fourth-order valence-electron chi connectivity index (χ4n) is 12.5. The Morgan fingerprint density at radius 1 is 0.562 bits per heavy atom. The fraction of sp³-hybridized carbons (Fsp3) is 0.500. The Balaban J connectivity index is 0.000000194. The topological polar surface area (TPSA) is 193 Å². The second kappa shape index (κ2) is 24.3. The van der Waals surface area contributed by atoms with Gasteiger partial charge in [0, 0.05) is 74.2 Å². The smallest absolute Gasteiger partial charge is 0.343 e. The minimum absolute atomic E-state index is 0.148. The van der Waals surface area contributed by atoms with Crippen LogP contribution in [0.3, 0.4) is 0 Å². The number of likely N-dealkylation sites (N-methyl/N-ethyl adjacent to an activating group) is 2. The summed E-state index contributed by atoms with van der Waals surface area (Å²) in [6.45, 7) is 4.12. The number of aryl methyl sites for hydroxylation is 2. The van der Waals surface area contributed by atoms with Crippen LogP contribution in [0.15, 0.2) is 97.1 Å². The molecule has 6 aliphatic rings. The van der Waals surface area contributed by atoms with Gasteiger partial charge in [-0.05, 0) is 159 Å². The van der Waals surface area contributed by atoms with Gasteiger partial charge in [0.15, 0.2) is 0 Å². The van der Waals surface area contributed by atoms with Gasteiger partial charge in [-0.2, -0.15) is 0 Å². The molecule has 4 atom stereocenters. The summed E-state index contributed by atoms with van der Waals surface area (Å²) in [6.07, 6.45) is 18.8. The lowest BCUT2D eigenvalue weighted by molar-refractivity contribution is -0.161. The van der Waals surface area contributed by atoms with Crippen molar-refractivity contribution in [3.05, 3.63) is 141 Å².